The number of carbonyl (C=O) groups excluding carboxylic acids is 1. The van der Waals surface area contributed by atoms with Crippen molar-refractivity contribution in [1.29, 1.82) is 0 Å². The second-order valence-electron chi connectivity index (χ2n) is 8.43. The van der Waals surface area contributed by atoms with Crippen LogP contribution in [0.3, 0.4) is 0 Å². The summed E-state index contributed by atoms with van der Waals surface area (Å²) in [6.45, 7) is 4.89. The van der Waals surface area contributed by atoms with Gasteiger partial charge >= 0.3 is 0 Å². The molecule has 1 unspecified atom stereocenters. The summed E-state index contributed by atoms with van der Waals surface area (Å²) in [5.41, 5.74) is 0.902. The van der Waals surface area contributed by atoms with Gasteiger partial charge in [-0.1, -0.05) is 87.1 Å². The molecule has 1 aromatic rings. The topological polar surface area (TPSA) is 17.1 Å². The molecular weight excluding hydrogens is 308 g/mol. The minimum absolute atomic E-state index is 0.506. The fourth-order valence-corrected chi connectivity index (χ4v) is 11.5. The second kappa shape index (κ2) is 7.99. The molecule has 1 saturated heterocycles. The summed E-state index contributed by atoms with van der Waals surface area (Å²) in [7, 11) is -1.37. The SMILES string of the molecule is CCCC(C)[Si]1(c2ccccc2)CCC(C2CCC(=O)CC2)CC1. The summed E-state index contributed by atoms with van der Waals surface area (Å²) in [6.07, 6.45) is 9.62. The lowest BCUT2D eigenvalue weighted by Crippen LogP contribution is -2.53. The van der Waals surface area contributed by atoms with Crippen LogP contribution in [-0.4, -0.2) is 13.9 Å². The number of carbonyl (C=O) groups is 1. The maximum absolute atomic E-state index is 11.5. The molecule has 132 valence electrons. The number of hydrogen-bond donors (Lipinski definition) is 0. The maximum Gasteiger partial charge on any atom is 0.132 e. The number of rotatable bonds is 5. The first kappa shape index (κ1) is 17.9. The van der Waals surface area contributed by atoms with E-state index < -0.39 is 8.07 Å². The molecule has 1 aliphatic heterocycles. The number of Topliss-reactive ketones (excluding diaryl/α,β-unsaturated/α-hetero) is 1. The molecule has 2 aliphatic rings. The highest BCUT2D eigenvalue weighted by molar-refractivity contribution is 6.93. The van der Waals surface area contributed by atoms with Gasteiger partial charge in [0.15, 0.2) is 0 Å². The van der Waals surface area contributed by atoms with E-state index in [1.54, 1.807) is 5.19 Å². The zero-order valence-corrected chi connectivity index (χ0v) is 16.6. The van der Waals surface area contributed by atoms with Crippen LogP contribution in [0.15, 0.2) is 30.3 Å². The van der Waals surface area contributed by atoms with E-state index in [9.17, 15) is 4.79 Å². The van der Waals surface area contributed by atoms with Crippen LogP contribution in [0.5, 0.6) is 0 Å². The summed E-state index contributed by atoms with van der Waals surface area (Å²) < 4.78 is 0. The van der Waals surface area contributed by atoms with Gasteiger partial charge in [0.25, 0.3) is 0 Å². The van der Waals surface area contributed by atoms with Crippen LogP contribution in [0.2, 0.25) is 17.6 Å². The third-order valence-corrected chi connectivity index (χ3v) is 13.2. The fraction of sp³-hybridized carbons (Fsp3) is 0.682. The summed E-state index contributed by atoms with van der Waals surface area (Å²) in [5, 5.41) is 1.71. The van der Waals surface area contributed by atoms with E-state index in [0.29, 0.717) is 5.78 Å². The van der Waals surface area contributed by atoms with Crippen molar-refractivity contribution < 1.29 is 4.79 Å². The van der Waals surface area contributed by atoms with E-state index in [0.717, 1.165) is 30.2 Å². The molecule has 2 fully saturated rings. The zero-order valence-electron chi connectivity index (χ0n) is 15.6. The first-order chi connectivity index (χ1) is 11.7. The van der Waals surface area contributed by atoms with Gasteiger partial charge in [-0.2, -0.15) is 0 Å². The minimum Gasteiger partial charge on any atom is -0.300 e. The van der Waals surface area contributed by atoms with Crippen LogP contribution in [0.4, 0.5) is 0 Å². The highest BCUT2D eigenvalue weighted by Crippen LogP contribution is 2.45. The standard InChI is InChI=1S/C22H34OSi/c1-3-7-18(2)24(22-8-5-4-6-9-22)16-14-20(15-17-24)19-10-12-21(23)13-11-19/h4-6,8-9,18-20H,3,7,10-17H2,1-2H3. The van der Waals surface area contributed by atoms with Crippen LogP contribution >= 0.6 is 0 Å². The second-order valence-corrected chi connectivity index (χ2v) is 13.3. The Morgan fingerprint density at radius 1 is 1.00 bits per heavy atom. The van der Waals surface area contributed by atoms with Crippen molar-refractivity contribution in [3.63, 3.8) is 0 Å². The third-order valence-electron chi connectivity index (χ3n) is 7.19. The molecule has 1 aromatic carbocycles. The maximum atomic E-state index is 11.5. The molecule has 1 heterocycles. The summed E-state index contributed by atoms with van der Waals surface area (Å²) in [5.74, 6) is 2.25. The van der Waals surface area contributed by atoms with Crippen LogP contribution in [0, 0.1) is 11.8 Å². The Labute approximate surface area is 149 Å². The minimum atomic E-state index is -1.37. The molecule has 3 rings (SSSR count). The average molecular weight is 343 g/mol. The molecular formula is C22H34OSi. The van der Waals surface area contributed by atoms with Crippen molar-refractivity contribution in [1.82, 2.24) is 0 Å². The molecule has 0 radical (unpaired) electrons. The van der Waals surface area contributed by atoms with Crippen molar-refractivity contribution in [2.45, 2.75) is 82.8 Å². The van der Waals surface area contributed by atoms with Crippen molar-refractivity contribution in [2.75, 3.05) is 0 Å². The molecule has 24 heavy (non-hydrogen) atoms. The Morgan fingerprint density at radius 2 is 1.58 bits per heavy atom. The lowest BCUT2D eigenvalue weighted by Gasteiger charge is -2.45. The Morgan fingerprint density at radius 3 is 2.17 bits per heavy atom. The van der Waals surface area contributed by atoms with Gasteiger partial charge in [0.2, 0.25) is 0 Å². The quantitative estimate of drug-likeness (QED) is 0.627. The van der Waals surface area contributed by atoms with E-state index in [-0.39, 0.29) is 0 Å². The molecule has 0 aromatic heterocycles. The molecule has 1 saturated carbocycles. The van der Waals surface area contributed by atoms with Gasteiger partial charge in [0, 0.05) is 12.8 Å². The lowest BCUT2D eigenvalue weighted by molar-refractivity contribution is -0.121. The average Bonchev–Trinajstić information content (AvgIpc) is 2.63. The molecule has 1 nitrogen and oxygen atoms in total. The van der Waals surface area contributed by atoms with Crippen LogP contribution in [0.1, 0.15) is 65.2 Å². The van der Waals surface area contributed by atoms with Gasteiger partial charge in [-0.3, -0.25) is 4.79 Å². The number of ketones is 1. The van der Waals surface area contributed by atoms with Gasteiger partial charge in [-0.25, -0.2) is 0 Å². The molecule has 0 bridgehead atoms. The van der Waals surface area contributed by atoms with Crippen molar-refractivity contribution in [3.8, 4) is 0 Å². The molecule has 0 spiro atoms. The molecule has 2 heteroatoms. The Kier molecular flexibility index (Phi) is 5.96. The van der Waals surface area contributed by atoms with E-state index in [2.05, 4.69) is 44.2 Å². The van der Waals surface area contributed by atoms with E-state index >= 15 is 0 Å². The third kappa shape index (κ3) is 3.69. The first-order valence-corrected chi connectivity index (χ1v) is 12.7. The van der Waals surface area contributed by atoms with Crippen molar-refractivity contribution in [2.24, 2.45) is 11.8 Å². The Balaban J connectivity index is 1.72. The first-order valence-electron chi connectivity index (χ1n) is 10.2. The predicted octanol–water partition coefficient (Wildman–Crippen LogP) is 5.70. The highest BCUT2D eigenvalue weighted by atomic mass is 28.3. The smallest absolute Gasteiger partial charge is 0.132 e. The zero-order chi connectivity index (χ0) is 17.0. The Bertz CT molecular complexity index is 520. The number of hydrogen-bond acceptors (Lipinski definition) is 1. The fourth-order valence-electron chi connectivity index (χ4n) is 5.61. The van der Waals surface area contributed by atoms with E-state index in [4.69, 9.17) is 0 Å². The molecule has 1 atom stereocenters. The highest BCUT2D eigenvalue weighted by Gasteiger charge is 2.44. The van der Waals surface area contributed by atoms with Gasteiger partial charge in [0.05, 0.1) is 8.07 Å². The van der Waals surface area contributed by atoms with Crippen LogP contribution < -0.4 is 5.19 Å². The normalized spacial score (nSPS) is 30.2. The summed E-state index contributed by atoms with van der Waals surface area (Å²) in [6, 6.07) is 14.5. The van der Waals surface area contributed by atoms with Gasteiger partial charge in [-0.15, -0.1) is 0 Å². The molecule has 1 aliphatic carbocycles. The summed E-state index contributed by atoms with van der Waals surface area (Å²) >= 11 is 0. The van der Waals surface area contributed by atoms with Gasteiger partial charge in [-0.05, 0) is 30.2 Å². The Hall–Kier alpha value is -0.893. The predicted molar refractivity (Wildman–Crippen MR) is 105 cm³/mol. The molecule has 0 amide bonds. The molecule has 0 N–H and O–H groups in total. The van der Waals surface area contributed by atoms with Crippen LogP contribution in [0.25, 0.3) is 0 Å². The van der Waals surface area contributed by atoms with E-state index in [1.165, 1.54) is 50.6 Å². The van der Waals surface area contributed by atoms with Crippen LogP contribution in [-0.2, 0) is 4.79 Å². The number of benzene rings is 1. The lowest BCUT2D eigenvalue weighted by atomic mass is 9.77. The van der Waals surface area contributed by atoms with Crippen molar-refractivity contribution >= 4 is 19.0 Å². The van der Waals surface area contributed by atoms with Gasteiger partial charge in [0.1, 0.15) is 5.78 Å². The summed E-state index contributed by atoms with van der Waals surface area (Å²) in [4.78, 5) is 11.5. The van der Waals surface area contributed by atoms with Crippen molar-refractivity contribution in [3.05, 3.63) is 30.3 Å². The van der Waals surface area contributed by atoms with E-state index in [1.807, 2.05) is 0 Å². The van der Waals surface area contributed by atoms with Gasteiger partial charge < -0.3 is 0 Å². The largest absolute Gasteiger partial charge is 0.300 e. The monoisotopic (exact) mass is 342 g/mol.